The van der Waals surface area contributed by atoms with Crippen LogP contribution in [0.5, 0.6) is 0 Å². The average molecular weight is 378 g/mol. The van der Waals surface area contributed by atoms with Gasteiger partial charge in [-0.05, 0) is 12.1 Å². The van der Waals surface area contributed by atoms with Crippen LogP contribution in [0.1, 0.15) is 0 Å². The Morgan fingerprint density at radius 2 is 0.952 bits per heavy atom. The molecule has 0 saturated carbocycles. The van der Waals surface area contributed by atoms with Crippen molar-refractivity contribution in [3.63, 3.8) is 0 Å². The minimum atomic E-state index is -5.76. The van der Waals surface area contributed by atoms with Crippen molar-refractivity contribution < 1.29 is 53.6 Å². The first-order valence-corrected chi connectivity index (χ1v) is 9.03. The fourth-order valence-electron chi connectivity index (χ4n) is 0.615. The molecule has 0 atom stereocenters. The monoisotopic (exact) mass is 378 g/mol. The zero-order valence-electron chi connectivity index (χ0n) is 10.2. The number of rotatable bonds is 2. The fraction of sp³-hybridized carbons (Fsp3) is 0. The van der Waals surface area contributed by atoms with Crippen molar-refractivity contribution in [2.24, 2.45) is 0 Å². The summed E-state index contributed by atoms with van der Waals surface area (Å²) >= 11 is -11.5. The van der Waals surface area contributed by atoms with Crippen LogP contribution in [0.3, 0.4) is 0 Å². The van der Waals surface area contributed by atoms with E-state index in [0.717, 1.165) is 0 Å². The van der Waals surface area contributed by atoms with Crippen molar-refractivity contribution in [3.05, 3.63) is 49.6 Å². The SMILES string of the molecule is [O]=[Cr](=[O])([OH])[O][Cr](=[O])(=[O])[OH].c1cncnc1.c1cncnc1. The minimum absolute atomic E-state index is 1.50. The van der Waals surface area contributed by atoms with E-state index in [9.17, 15) is 15.2 Å². The quantitative estimate of drug-likeness (QED) is 0.677. The summed E-state index contributed by atoms with van der Waals surface area (Å²) in [4.78, 5) is 14.7. The van der Waals surface area contributed by atoms with E-state index in [2.05, 4.69) is 22.8 Å². The molecule has 11 nitrogen and oxygen atoms in total. The van der Waals surface area contributed by atoms with Crippen LogP contribution in [0.4, 0.5) is 0 Å². The largest absolute Gasteiger partial charge is 0.245 e. The van der Waals surface area contributed by atoms with Gasteiger partial charge in [-0.2, -0.15) is 0 Å². The van der Waals surface area contributed by atoms with Crippen LogP contribution in [0.15, 0.2) is 49.6 Å². The van der Waals surface area contributed by atoms with Gasteiger partial charge in [0.05, 0.1) is 0 Å². The van der Waals surface area contributed by atoms with Crippen LogP contribution in [0, 0.1) is 0 Å². The van der Waals surface area contributed by atoms with E-state index in [4.69, 9.17) is 8.32 Å². The van der Waals surface area contributed by atoms with Gasteiger partial charge < -0.3 is 0 Å². The van der Waals surface area contributed by atoms with E-state index in [-0.39, 0.29) is 0 Å². The Balaban J connectivity index is 0.000000293. The number of hydrogen-bond acceptors (Lipinski definition) is 9. The molecule has 0 spiro atoms. The normalized spacial score (nSPS) is 10.4. The first kappa shape index (κ1) is 19.3. The van der Waals surface area contributed by atoms with Crippen molar-refractivity contribution >= 4 is 0 Å². The van der Waals surface area contributed by atoms with Gasteiger partial charge in [-0.1, -0.05) is 0 Å². The number of aromatic nitrogens is 4. The molecule has 13 heteroatoms. The molecule has 0 saturated heterocycles. The summed E-state index contributed by atoms with van der Waals surface area (Å²) in [6.45, 7) is 0. The van der Waals surface area contributed by atoms with E-state index in [0.29, 0.717) is 0 Å². The second-order valence-corrected chi connectivity index (χ2v) is 6.49. The molecule has 0 unspecified atom stereocenters. The fourth-order valence-corrected chi connectivity index (χ4v) is 2.35. The van der Waals surface area contributed by atoms with Gasteiger partial charge in [-0.15, -0.1) is 0 Å². The number of hydrogen-bond donors (Lipinski definition) is 2. The summed E-state index contributed by atoms with van der Waals surface area (Å²) in [5.74, 6) is 0. The van der Waals surface area contributed by atoms with E-state index in [1.54, 1.807) is 36.9 Å². The maximum atomic E-state index is 9.53. The molecule has 0 fully saturated rings. The van der Waals surface area contributed by atoms with E-state index >= 15 is 0 Å². The Bertz CT molecular complexity index is 564. The van der Waals surface area contributed by atoms with Gasteiger partial charge in [0, 0.05) is 24.8 Å². The van der Waals surface area contributed by atoms with Gasteiger partial charge in [0.2, 0.25) is 0 Å². The Kier molecular flexibility index (Phi) is 9.28. The molecule has 0 aromatic carbocycles. The summed E-state index contributed by atoms with van der Waals surface area (Å²) in [5, 5.41) is 0. The molecule has 116 valence electrons. The zero-order chi connectivity index (χ0) is 16.2. The molecular weight excluding hydrogens is 368 g/mol. The van der Waals surface area contributed by atoms with Gasteiger partial charge in [-0.25, -0.2) is 19.9 Å². The third-order valence-corrected chi connectivity index (χ3v) is 3.88. The molecule has 2 aromatic heterocycles. The standard InChI is InChI=1S/2C4H4N2.2Cr.2H2O.5O/c2*1-2-5-4-6-3-1;;;;;;;;;/h2*1-4H;;;2*1H2;;;;;/q;;2*+1;;;;;;;/p-2. The Labute approximate surface area is 123 Å². The summed E-state index contributed by atoms with van der Waals surface area (Å²) in [6.07, 6.45) is 9.75. The second-order valence-electron chi connectivity index (χ2n) is 2.73. The Morgan fingerprint density at radius 3 is 1.00 bits per heavy atom. The molecule has 2 rings (SSSR count). The Morgan fingerprint density at radius 1 is 0.667 bits per heavy atom. The van der Waals surface area contributed by atoms with Crippen molar-refractivity contribution in [2.45, 2.75) is 0 Å². The third-order valence-electron chi connectivity index (χ3n) is 1.13. The molecule has 0 bridgehead atoms. The van der Waals surface area contributed by atoms with Crippen LogP contribution in [-0.2, 0) is 45.3 Å². The van der Waals surface area contributed by atoms with Crippen LogP contribution < -0.4 is 0 Å². The molecule has 0 amide bonds. The molecule has 21 heavy (non-hydrogen) atoms. The number of nitrogens with zero attached hydrogens (tertiary/aromatic N) is 4. The van der Waals surface area contributed by atoms with Crippen LogP contribution in [0.2, 0.25) is 0 Å². The maximum Gasteiger partial charge on any atom is 0.115 e. The summed E-state index contributed by atoms with van der Waals surface area (Å²) < 4.78 is 56.3. The molecule has 0 aliphatic heterocycles. The van der Waals surface area contributed by atoms with Crippen LogP contribution in [-0.4, -0.2) is 28.3 Å². The molecule has 2 aromatic rings. The molecule has 0 aliphatic carbocycles. The minimum Gasteiger partial charge on any atom is -0.245 e. The van der Waals surface area contributed by atoms with Crippen molar-refractivity contribution in [1.82, 2.24) is 19.9 Å². The summed E-state index contributed by atoms with van der Waals surface area (Å²) in [7, 11) is 0. The second kappa shape index (κ2) is 10.1. The van der Waals surface area contributed by atoms with Crippen LogP contribution in [0.25, 0.3) is 0 Å². The van der Waals surface area contributed by atoms with Gasteiger partial charge in [0.1, 0.15) is 12.7 Å². The van der Waals surface area contributed by atoms with Gasteiger partial charge in [0.15, 0.2) is 0 Å². The van der Waals surface area contributed by atoms with E-state index in [1.807, 2.05) is 0 Å². The maximum absolute atomic E-state index is 9.53. The first-order valence-electron chi connectivity index (χ1n) is 4.76. The van der Waals surface area contributed by atoms with Crippen molar-refractivity contribution in [3.8, 4) is 0 Å². The molecule has 2 heterocycles. The molecule has 0 radical (unpaired) electrons. The van der Waals surface area contributed by atoms with Crippen molar-refractivity contribution in [1.29, 1.82) is 0 Å². The molecular formula is C8H10Cr2N4O7. The van der Waals surface area contributed by atoms with Gasteiger partial charge in [-0.3, -0.25) is 0 Å². The summed E-state index contributed by atoms with van der Waals surface area (Å²) in [6, 6.07) is 3.56. The summed E-state index contributed by atoms with van der Waals surface area (Å²) in [5.41, 5.74) is 0. The Hall–Kier alpha value is -1.70. The third kappa shape index (κ3) is 18.3. The van der Waals surface area contributed by atoms with E-state index in [1.165, 1.54) is 12.7 Å². The van der Waals surface area contributed by atoms with Gasteiger partial charge in [0.25, 0.3) is 0 Å². The zero-order valence-corrected chi connectivity index (χ0v) is 12.7. The van der Waals surface area contributed by atoms with Crippen molar-refractivity contribution in [2.75, 3.05) is 0 Å². The van der Waals surface area contributed by atoms with Gasteiger partial charge >= 0.3 is 53.6 Å². The smallest absolute Gasteiger partial charge is 0.115 e. The van der Waals surface area contributed by atoms with Crippen LogP contribution >= 0.6 is 0 Å². The topological polar surface area (TPSA) is 170 Å². The predicted octanol–water partition coefficient (Wildman–Crippen LogP) is -0.709. The first-order chi connectivity index (χ1) is 9.71. The average Bonchev–Trinajstić information content (AvgIpc) is 2.40. The van der Waals surface area contributed by atoms with E-state index < -0.39 is 27.2 Å². The molecule has 0 aliphatic rings. The molecule has 2 N–H and O–H groups in total. The predicted molar refractivity (Wildman–Crippen MR) is 52.3 cm³/mol.